The summed E-state index contributed by atoms with van der Waals surface area (Å²) in [6, 6.07) is 5.35. The van der Waals surface area contributed by atoms with Gasteiger partial charge >= 0.3 is 0 Å². The molecule has 0 amide bonds. The molecule has 1 aliphatic rings. The Morgan fingerprint density at radius 1 is 1.42 bits per heavy atom. The summed E-state index contributed by atoms with van der Waals surface area (Å²) >= 11 is 0. The predicted octanol–water partition coefficient (Wildman–Crippen LogP) is 1.08. The summed E-state index contributed by atoms with van der Waals surface area (Å²) < 4.78 is 2.10. The Labute approximate surface area is 110 Å². The number of hydrogen-bond donors (Lipinski definition) is 2. The normalized spacial score (nSPS) is 18.3. The number of rotatable bonds is 3. The van der Waals surface area contributed by atoms with Crippen LogP contribution in [-0.2, 0) is 6.54 Å². The average molecular weight is 259 g/mol. The van der Waals surface area contributed by atoms with Gasteiger partial charge < -0.3 is 14.9 Å². The van der Waals surface area contributed by atoms with Gasteiger partial charge in [0.2, 0.25) is 5.56 Å². The smallest absolute Gasteiger partial charge is 0.248 e. The Hall–Kier alpha value is -1.95. The van der Waals surface area contributed by atoms with E-state index < -0.39 is 0 Å². The van der Waals surface area contributed by atoms with E-state index in [0.717, 1.165) is 43.3 Å². The molecule has 6 heteroatoms. The molecule has 0 saturated heterocycles. The van der Waals surface area contributed by atoms with Gasteiger partial charge in [-0.3, -0.25) is 4.79 Å². The maximum atomic E-state index is 11.4. The van der Waals surface area contributed by atoms with Gasteiger partial charge in [0.15, 0.2) is 11.6 Å². The van der Waals surface area contributed by atoms with E-state index in [-0.39, 0.29) is 11.6 Å². The van der Waals surface area contributed by atoms with Crippen LogP contribution in [0.3, 0.4) is 0 Å². The lowest BCUT2D eigenvalue weighted by Crippen LogP contribution is -2.33. The number of nitrogens with zero attached hydrogens (tertiary/aromatic N) is 3. The highest BCUT2D eigenvalue weighted by atomic mass is 16.1. The third-order valence-corrected chi connectivity index (χ3v) is 3.40. The number of aromatic amines is 1. The molecule has 0 spiro atoms. The zero-order chi connectivity index (χ0) is 13.2. The van der Waals surface area contributed by atoms with E-state index in [1.165, 1.54) is 6.07 Å². The lowest BCUT2D eigenvalue weighted by Gasteiger charge is -2.24. The van der Waals surface area contributed by atoms with Crippen LogP contribution in [0.25, 0.3) is 11.5 Å². The minimum absolute atomic E-state index is 0.117. The lowest BCUT2D eigenvalue weighted by atomic mass is 10.1. The van der Waals surface area contributed by atoms with Crippen LogP contribution in [0.5, 0.6) is 0 Å². The first-order valence-electron chi connectivity index (χ1n) is 6.66. The average Bonchev–Trinajstić information content (AvgIpc) is 2.84. The lowest BCUT2D eigenvalue weighted by molar-refractivity contribution is 0.394. The van der Waals surface area contributed by atoms with Crippen molar-refractivity contribution in [1.82, 2.24) is 25.1 Å². The van der Waals surface area contributed by atoms with E-state index in [1.807, 2.05) is 6.07 Å². The van der Waals surface area contributed by atoms with Crippen LogP contribution in [-0.4, -0.2) is 26.3 Å². The van der Waals surface area contributed by atoms with Gasteiger partial charge in [-0.15, -0.1) is 10.2 Å². The van der Waals surface area contributed by atoms with Crippen LogP contribution in [0, 0.1) is 0 Å². The van der Waals surface area contributed by atoms with Crippen molar-refractivity contribution in [2.75, 3.05) is 6.54 Å². The molecule has 0 bridgehead atoms. The molecule has 0 fully saturated rings. The number of fused-ring (bicyclic) bond motifs is 1. The van der Waals surface area contributed by atoms with Crippen molar-refractivity contribution in [3.63, 3.8) is 0 Å². The van der Waals surface area contributed by atoms with Gasteiger partial charge in [-0.05, 0) is 12.5 Å². The van der Waals surface area contributed by atoms with Gasteiger partial charge in [0.05, 0.1) is 11.7 Å². The van der Waals surface area contributed by atoms with Crippen LogP contribution in [0.2, 0.25) is 0 Å². The summed E-state index contributed by atoms with van der Waals surface area (Å²) in [6.07, 6.45) is 2.14. The minimum Gasteiger partial charge on any atom is -0.319 e. The Morgan fingerprint density at radius 3 is 3.11 bits per heavy atom. The summed E-state index contributed by atoms with van der Waals surface area (Å²) in [7, 11) is 0. The fourth-order valence-corrected chi connectivity index (χ4v) is 2.53. The first-order chi connectivity index (χ1) is 9.29. The van der Waals surface area contributed by atoms with Gasteiger partial charge in [-0.25, -0.2) is 0 Å². The van der Waals surface area contributed by atoms with Gasteiger partial charge in [0.1, 0.15) is 0 Å². The number of nitrogens with one attached hydrogen (secondary N) is 2. The Bertz CT molecular complexity index is 630. The molecule has 3 rings (SSSR count). The first kappa shape index (κ1) is 12.1. The molecule has 0 aliphatic carbocycles. The zero-order valence-corrected chi connectivity index (χ0v) is 10.9. The minimum atomic E-state index is -0.117. The zero-order valence-electron chi connectivity index (χ0n) is 10.9. The van der Waals surface area contributed by atoms with Crippen molar-refractivity contribution in [2.45, 2.75) is 32.4 Å². The highest BCUT2D eigenvalue weighted by Crippen LogP contribution is 2.24. The first-order valence-corrected chi connectivity index (χ1v) is 6.66. The van der Waals surface area contributed by atoms with Crippen molar-refractivity contribution < 1.29 is 0 Å². The molecule has 2 N–H and O–H groups in total. The standard InChI is InChI=1S/C13H17N5O/c1-2-4-9-12-16-17-13(18(12)8-7-14-9)10-5-3-6-11(19)15-10/h3,5-6,9,14H,2,4,7-8H2,1H3,(H,15,19). The van der Waals surface area contributed by atoms with Gasteiger partial charge in [-0.1, -0.05) is 19.4 Å². The Morgan fingerprint density at radius 2 is 2.32 bits per heavy atom. The second kappa shape index (κ2) is 4.97. The van der Waals surface area contributed by atoms with E-state index in [9.17, 15) is 4.79 Å². The summed E-state index contributed by atoms with van der Waals surface area (Å²) in [5.41, 5.74) is 0.609. The molecule has 2 aromatic heterocycles. The summed E-state index contributed by atoms with van der Waals surface area (Å²) in [5, 5.41) is 12.0. The molecule has 6 nitrogen and oxygen atoms in total. The summed E-state index contributed by atoms with van der Waals surface area (Å²) in [6.45, 7) is 3.89. The summed E-state index contributed by atoms with van der Waals surface area (Å²) in [4.78, 5) is 14.2. The van der Waals surface area contributed by atoms with Crippen LogP contribution in [0.15, 0.2) is 23.0 Å². The second-order valence-electron chi connectivity index (χ2n) is 4.76. The Kier molecular flexibility index (Phi) is 3.16. The van der Waals surface area contributed by atoms with E-state index in [4.69, 9.17) is 0 Å². The molecule has 1 unspecified atom stereocenters. The van der Waals surface area contributed by atoms with Gasteiger partial charge in [-0.2, -0.15) is 0 Å². The maximum Gasteiger partial charge on any atom is 0.248 e. The van der Waals surface area contributed by atoms with E-state index >= 15 is 0 Å². The molecule has 1 atom stereocenters. The maximum absolute atomic E-state index is 11.4. The van der Waals surface area contributed by atoms with Gasteiger partial charge in [0.25, 0.3) is 0 Å². The van der Waals surface area contributed by atoms with E-state index in [2.05, 4.69) is 32.0 Å². The molecule has 0 aromatic carbocycles. The molecule has 2 aromatic rings. The van der Waals surface area contributed by atoms with Crippen molar-refractivity contribution in [3.8, 4) is 11.5 Å². The number of pyridine rings is 1. The highest BCUT2D eigenvalue weighted by molar-refractivity contribution is 5.49. The number of H-pyrrole nitrogens is 1. The quantitative estimate of drug-likeness (QED) is 0.864. The number of hydrogen-bond acceptors (Lipinski definition) is 4. The molecular weight excluding hydrogens is 242 g/mol. The van der Waals surface area contributed by atoms with Gasteiger partial charge in [0, 0.05) is 19.2 Å². The molecule has 0 radical (unpaired) electrons. The molecular formula is C13H17N5O. The molecule has 0 saturated carbocycles. The fraction of sp³-hybridized carbons (Fsp3) is 0.462. The largest absolute Gasteiger partial charge is 0.319 e. The van der Waals surface area contributed by atoms with E-state index in [0.29, 0.717) is 0 Å². The monoisotopic (exact) mass is 259 g/mol. The third kappa shape index (κ3) is 2.19. The molecule has 3 heterocycles. The van der Waals surface area contributed by atoms with Crippen LogP contribution in [0.1, 0.15) is 31.6 Å². The number of aromatic nitrogens is 4. The van der Waals surface area contributed by atoms with Crippen molar-refractivity contribution in [3.05, 3.63) is 34.4 Å². The topological polar surface area (TPSA) is 75.6 Å². The van der Waals surface area contributed by atoms with E-state index in [1.54, 1.807) is 6.07 Å². The summed E-state index contributed by atoms with van der Waals surface area (Å²) in [5.74, 6) is 1.71. The molecule has 100 valence electrons. The SMILES string of the molecule is CCCC1NCCn2c(-c3cccc(=O)[nH]3)nnc21. The third-order valence-electron chi connectivity index (χ3n) is 3.40. The molecule has 19 heavy (non-hydrogen) atoms. The predicted molar refractivity (Wildman–Crippen MR) is 71.7 cm³/mol. The van der Waals surface area contributed by atoms with Crippen molar-refractivity contribution >= 4 is 0 Å². The fourth-order valence-electron chi connectivity index (χ4n) is 2.53. The second-order valence-corrected chi connectivity index (χ2v) is 4.76. The van der Waals surface area contributed by atoms with Crippen LogP contribution in [0.4, 0.5) is 0 Å². The van der Waals surface area contributed by atoms with Crippen molar-refractivity contribution in [2.24, 2.45) is 0 Å². The van der Waals surface area contributed by atoms with Crippen molar-refractivity contribution in [1.29, 1.82) is 0 Å². The van der Waals surface area contributed by atoms with Crippen LogP contribution >= 0.6 is 0 Å². The Balaban J connectivity index is 2.03. The molecule has 1 aliphatic heterocycles. The van der Waals surface area contributed by atoms with Crippen LogP contribution < -0.4 is 10.9 Å². The highest BCUT2D eigenvalue weighted by Gasteiger charge is 2.24.